The first kappa shape index (κ1) is 13.5. The van der Waals surface area contributed by atoms with Gasteiger partial charge in [0.05, 0.1) is 12.5 Å². The third-order valence-electron chi connectivity index (χ3n) is 2.94. The summed E-state index contributed by atoms with van der Waals surface area (Å²) in [5, 5.41) is 3.73. The zero-order valence-corrected chi connectivity index (χ0v) is 12.1. The van der Waals surface area contributed by atoms with E-state index in [1.165, 1.54) is 7.05 Å². The number of rotatable bonds is 3. The van der Waals surface area contributed by atoms with E-state index >= 15 is 0 Å². The highest BCUT2D eigenvalue weighted by molar-refractivity contribution is 9.10. The van der Waals surface area contributed by atoms with Gasteiger partial charge in [0.15, 0.2) is 0 Å². The highest BCUT2D eigenvalue weighted by atomic mass is 79.9. The van der Waals surface area contributed by atoms with Crippen molar-refractivity contribution in [1.82, 2.24) is 10.2 Å². The molecule has 0 saturated carbocycles. The maximum Gasteiger partial charge on any atom is 0.246 e. The number of nitrogens with zero attached hydrogens (tertiary/aromatic N) is 1. The Morgan fingerprint density at radius 1 is 1.50 bits per heavy atom. The normalized spacial score (nSPS) is 19.7. The maximum atomic E-state index is 11.7. The number of carbonyl (C=O) groups is 2. The van der Waals surface area contributed by atoms with Gasteiger partial charge in [0, 0.05) is 23.1 Å². The standard InChI is InChI=1S/C12H12BrClN2O2/c1-16-11(17)5-10(12(16)18)15-6-7-2-3-8(14)4-9(7)13/h2-4,10,15H,5-6H2,1H3. The van der Waals surface area contributed by atoms with Crippen molar-refractivity contribution in [3.8, 4) is 0 Å². The Bertz CT molecular complexity index is 507. The van der Waals surface area contributed by atoms with Crippen molar-refractivity contribution in [3.63, 3.8) is 0 Å². The fraction of sp³-hybridized carbons (Fsp3) is 0.333. The van der Waals surface area contributed by atoms with Gasteiger partial charge in [0.1, 0.15) is 0 Å². The Labute approximate surface area is 118 Å². The lowest BCUT2D eigenvalue weighted by Gasteiger charge is -2.12. The molecule has 1 heterocycles. The fourth-order valence-electron chi connectivity index (χ4n) is 1.81. The first-order valence-electron chi connectivity index (χ1n) is 5.46. The molecule has 1 aliphatic rings. The lowest BCUT2D eigenvalue weighted by molar-refractivity contribution is -0.137. The van der Waals surface area contributed by atoms with Crippen molar-refractivity contribution < 1.29 is 9.59 Å². The van der Waals surface area contributed by atoms with E-state index in [0.717, 1.165) is 14.9 Å². The van der Waals surface area contributed by atoms with Crippen LogP contribution < -0.4 is 5.32 Å². The van der Waals surface area contributed by atoms with Crippen LogP contribution in [0.3, 0.4) is 0 Å². The van der Waals surface area contributed by atoms with Crippen molar-refractivity contribution in [2.24, 2.45) is 0 Å². The van der Waals surface area contributed by atoms with Crippen LogP contribution in [0.5, 0.6) is 0 Å². The van der Waals surface area contributed by atoms with E-state index in [0.29, 0.717) is 11.6 Å². The average molecular weight is 332 g/mol. The summed E-state index contributed by atoms with van der Waals surface area (Å²) in [5.74, 6) is -0.322. The van der Waals surface area contributed by atoms with Crippen molar-refractivity contribution in [1.29, 1.82) is 0 Å². The lowest BCUT2D eigenvalue weighted by atomic mass is 10.2. The van der Waals surface area contributed by atoms with Gasteiger partial charge in [-0.25, -0.2) is 0 Å². The van der Waals surface area contributed by atoms with Gasteiger partial charge < -0.3 is 5.32 Å². The Balaban J connectivity index is 2.00. The molecule has 0 spiro atoms. The van der Waals surface area contributed by atoms with Crippen LogP contribution in [0.2, 0.25) is 5.02 Å². The highest BCUT2D eigenvalue weighted by Gasteiger charge is 2.35. The molecule has 1 atom stereocenters. The number of amides is 2. The van der Waals surface area contributed by atoms with Crippen LogP contribution in [0.1, 0.15) is 12.0 Å². The number of benzene rings is 1. The molecule has 18 heavy (non-hydrogen) atoms. The minimum absolute atomic E-state index is 0.146. The zero-order valence-electron chi connectivity index (χ0n) is 9.74. The molecule has 0 bridgehead atoms. The summed E-state index contributed by atoms with van der Waals surface area (Å²) >= 11 is 9.26. The molecule has 1 aromatic carbocycles. The molecule has 1 saturated heterocycles. The van der Waals surface area contributed by atoms with E-state index in [4.69, 9.17) is 11.6 Å². The largest absolute Gasteiger partial charge is 0.301 e. The number of imide groups is 1. The number of hydrogen-bond acceptors (Lipinski definition) is 3. The summed E-state index contributed by atoms with van der Waals surface area (Å²) in [6.07, 6.45) is 0.223. The van der Waals surface area contributed by atoms with Crippen LogP contribution in [0.4, 0.5) is 0 Å². The number of likely N-dealkylation sites (N-methyl/N-ethyl adjacent to an activating group) is 1. The molecule has 96 valence electrons. The van der Waals surface area contributed by atoms with Gasteiger partial charge in [0.25, 0.3) is 0 Å². The number of carbonyl (C=O) groups excluding carboxylic acids is 2. The monoisotopic (exact) mass is 330 g/mol. The number of likely N-dealkylation sites (tertiary alicyclic amines) is 1. The zero-order chi connectivity index (χ0) is 13.3. The first-order chi connectivity index (χ1) is 8.49. The fourth-order valence-corrected chi connectivity index (χ4v) is 2.64. The Hall–Kier alpha value is -0.910. The molecule has 6 heteroatoms. The van der Waals surface area contributed by atoms with E-state index in [2.05, 4.69) is 21.2 Å². The van der Waals surface area contributed by atoms with Gasteiger partial charge in [-0.1, -0.05) is 33.6 Å². The van der Waals surface area contributed by atoms with Crippen LogP contribution >= 0.6 is 27.5 Å². The third-order valence-corrected chi connectivity index (χ3v) is 3.91. The molecule has 0 aliphatic carbocycles. The quantitative estimate of drug-likeness (QED) is 0.861. The van der Waals surface area contributed by atoms with Crippen molar-refractivity contribution in [2.45, 2.75) is 19.0 Å². The molecular weight excluding hydrogens is 320 g/mol. The van der Waals surface area contributed by atoms with Gasteiger partial charge in [-0.15, -0.1) is 0 Å². The molecular formula is C12H12BrClN2O2. The van der Waals surface area contributed by atoms with Crippen molar-refractivity contribution in [2.75, 3.05) is 7.05 Å². The van der Waals surface area contributed by atoms with Gasteiger partial charge in [-0.05, 0) is 17.7 Å². The second-order valence-electron chi connectivity index (χ2n) is 4.16. The average Bonchev–Trinajstić information content (AvgIpc) is 2.56. The molecule has 1 fully saturated rings. The van der Waals surface area contributed by atoms with Crippen molar-refractivity contribution >= 4 is 39.3 Å². The summed E-state index contributed by atoms with van der Waals surface area (Å²) < 4.78 is 0.882. The third kappa shape index (κ3) is 2.74. The second kappa shape index (κ2) is 5.38. The molecule has 1 unspecified atom stereocenters. The smallest absolute Gasteiger partial charge is 0.246 e. The Morgan fingerprint density at radius 3 is 2.78 bits per heavy atom. The maximum absolute atomic E-state index is 11.7. The van der Waals surface area contributed by atoms with Gasteiger partial charge in [0.2, 0.25) is 11.8 Å². The molecule has 2 rings (SSSR count). The minimum Gasteiger partial charge on any atom is -0.301 e. The molecule has 4 nitrogen and oxygen atoms in total. The van der Waals surface area contributed by atoms with E-state index in [9.17, 15) is 9.59 Å². The lowest BCUT2D eigenvalue weighted by Crippen LogP contribution is -2.36. The predicted molar refractivity (Wildman–Crippen MR) is 72.2 cm³/mol. The summed E-state index contributed by atoms with van der Waals surface area (Å²) in [6.45, 7) is 0.509. The summed E-state index contributed by atoms with van der Waals surface area (Å²) in [7, 11) is 1.50. The van der Waals surface area contributed by atoms with E-state index in [1.54, 1.807) is 12.1 Å². The second-order valence-corrected chi connectivity index (χ2v) is 5.46. The van der Waals surface area contributed by atoms with Gasteiger partial charge in [-0.2, -0.15) is 0 Å². The molecule has 2 amide bonds. The summed E-state index contributed by atoms with van der Waals surface area (Å²) in [6, 6.07) is 5.04. The van der Waals surface area contributed by atoms with E-state index < -0.39 is 6.04 Å². The first-order valence-corrected chi connectivity index (χ1v) is 6.64. The number of nitrogens with one attached hydrogen (secondary N) is 1. The Morgan fingerprint density at radius 2 is 2.22 bits per heavy atom. The van der Waals surface area contributed by atoms with E-state index in [1.807, 2.05) is 6.07 Å². The van der Waals surface area contributed by atoms with Gasteiger partial charge in [-0.3, -0.25) is 14.5 Å². The predicted octanol–water partition coefficient (Wildman–Crippen LogP) is 1.95. The number of hydrogen-bond donors (Lipinski definition) is 1. The molecule has 1 N–H and O–H groups in total. The van der Waals surface area contributed by atoms with Crippen LogP contribution in [0, 0.1) is 0 Å². The topological polar surface area (TPSA) is 49.4 Å². The molecule has 1 aromatic rings. The molecule has 0 radical (unpaired) electrons. The highest BCUT2D eigenvalue weighted by Crippen LogP contribution is 2.22. The summed E-state index contributed by atoms with van der Waals surface area (Å²) in [4.78, 5) is 24.2. The molecule has 1 aliphatic heterocycles. The minimum atomic E-state index is -0.426. The number of halogens is 2. The van der Waals surface area contributed by atoms with E-state index in [-0.39, 0.29) is 18.2 Å². The Kier molecular flexibility index (Phi) is 4.04. The van der Waals surface area contributed by atoms with Crippen LogP contribution in [-0.4, -0.2) is 29.8 Å². The van der Waals surface area contributed by atoms with Crippen molar-refractivity contribution in [3.05, 3.63) is 33.3 Å². The van der Waals surface area contributed by atoms with Crippen LogP contribution in [0.15, 0.2) is 22.7 Å². The van der Waals surface area contributed by atoms with Gasteiger partial charge >= 0.3 is 0 Å². The SMILES string of the molecule is CN1C(=O)CC(NCc2ccc(Cl)cc2Br)C1=O. The van der Waals surface area contributed by atoms with Crippen LogP contribution in [-0.2, 0) is 16.1 Å². The molecule has 0 aromatic heterocycles. The summed E-state index contributed by atoms with van der Waals surface area (Å²) in [5.41, 5.74) is 0.995. The van der Waals surface area contributed by atoms with Crippen LogP contribution in [0.25, 0.3) is 0 Å².